The van der Waals surface area contributed by atoms with Gasteiger partial charge in [-0.25, -0.2) is 4.39 Å². The lowest BCUT2D eigenvalue weighted by Crippen LogP contribution is -2.16. The summed E-state index contributed by atoms with van der Waals surface area (Å²) in [6.45, 7) is -0.0360. The number of nitrogens with one attached hydrogen (secondary N) is 1. The molecule has 3 nitrogen and oxygen atoms in total. The standard InChI is InChI=1S/C17H20FNO2/c18-15-8-9-16(14(12-15)7-3-4-10-20)19-17(21)11-13-5-1-2-6-13/h8-9,12-13,20H,1-2,4-6,10-11H2,(H,19,21). The van der Waals surface area contributed by atoms with E-state index < -0.39 is 5.82 Å². The Morgan fingerprint density at radius 2 is 2.14 bits per heavy atom. The molecule has 2 rings (SSSR count). The highest BCUT2D eigenvalue weighted by molar-refractivity contribution is 5.92. The van der Waals surface area contributed by atoms with Crippen molar-refractivity contribution in [2.45, 2.75) is 38.5 Å². The number of aliphatic hydroxyl groups is 1. The Labute approximate surface area is 124 Å². The van der Waals surface area contributed by atoms with E-state index in [1.165, 1.54) is 31.0 Å². The second-order valence-electron chi connectivity index (χ2n) is 5.37. The zero-order valence-corrected chi connectivity index (χ0v) is 12.0. The Bertz CT molecular complexity index is 554. The van der Waals surface area contributed by atoms with Gasteiger partial charge < -0.3 is 10.4 Å². The van der Waals surface area contributed by atoms with Crippen LogP contribution in [0.4, 0.5) is 10.1 Å². The third-order valence-electron chi connectivity index (χ3n) is 3.66. The third-order valence-corrected chi connectivity index (χ3v) is 3.66. The van der Waals surface area contributed by atoms with Crippen LogP contribution >= 0.6 is 0 Å². The number of rotatable bonds is 4. The van der Waals surface area contributed by atoms with E-state index in [2.05, 4.69) is 17.2 Å². The first-order chi connectivity index (χ1) is 10.2. The summed E-state index contributed by atoms with van der Waals surface area (Å²) in [7, 11) is 0. The Balaban J connectivity index is 2.04. The second kappa shape index (κ2) is 7.80. The molecule has 0 unspecified atom stereocenters. The van der Waals surface area contributed by atoms with Crippen molar-refractivity contribution < 1.29 is 14.3 Å². The Morgan fingerprint density at radius 3 is 2.86 bits per heavy atom. The van der Waals surface area contributed by atoms with Gasteiger partial charge >= 0.3 is 0 Å². The topological polar surface area (TPSA) is 49.3 Å². The summed E-state index contributed by atoms with van der Waals surface area (Å²) in [4.78, 5) is 12.0. The van der Waals surface area contributed by atoms with Crippen LogP contribution in [-0.2, 0) is 4.79 Å². The number of carbonyl (C=O) groups is 1. The predicted octanol–water partition coefficient (Wildman–Crippen LogP) is 3.08. The molecular weight excluding hydrogens is 269 g/mol. The van der Waals surface area contributed by atoms with E-state index >= 15 is 0 Å². The van der Waals surface area contributed by atoms with E-state index in [9.17, 15) is 9.18 Å². The molecule has 0 atom stereocenters. The van der Waals surface area contributed by atoms with Crippen molar-refractivity contribution in [3.8, 4) is 11.8 Å². The first-order valence-electron chi connectivity index (χ1n) is 7.38. The maximum absolute atomic E-state index is 13.3. The Kier molecular flexibility index (Phi) is 5.77. The summed E-state index contributed by atoms with van der Waals surface area (Å²) in [5.41, 5.74) is 0.980. The summed E-state index contributed by atoms with van der Waals surface area (Å²) in [5.74, 6) is 5.57. The number of aliphatic hydroxyl groups excluding tert-OH is 1. The van der Waals surface area contributed by atoms with Gasteiger partial charge in [0, 0.05) is 12.8 Å². The maximum Gasteiger partial charge on any atom is 0.224 e. The number of carbonyl (C=O) groups excluding carboxylic acids is 1. The fraction of sp³-hybridized carbons (Fsp3) is 0.471. The zero-order chi connectivity index (χ0) is 15.1. The fourth-order valence-electron chi connectivity index (χ4n) is 2.62. The van der Waals surface area contributed by atoms with Crippen LogP contribution in [0, 0.1) is 23.6 Å². The van der Waals surface area contributed by atoms with Crippen molar-refractivity contribution in [3.63, 3.8) is 0 Å². The Hall–Kier alpha value is -1.86. The normalized spacial score (nSPS) is 14.6. The average molecular weight is 289 g/mol. The molecule has 1 aliphatic carbocycles. The lowest BCUT2D eigenvalue weighted by molar-refractivity contribution is -0.117. The molecule has 1 aromatic carbocycles. The molecule has 0 heterocycles. The van der Waals surface area contributed by atoms with Crippen LogP contribution in [0.2, 0.25) is 0 Å². The minimum absolute atomic E-state index is 0.0360. The molecule has 1 aliphatic rings. The summed E-state index contributed by atoms with van der Waals surface area (Å²) in [6, 6.07) is 4.14. The first-order valence-corrected chi connectivity index (χ1v) is 7.38. The summed E-state index contributed by atoms with van der Waals surface area (Å²) in [6.07, 6.45) is 5.46. The number of amides is 1. The van der Waals surface area contributed by atoms with Gasteiger partial charge in [0.15, 0.2) is 0 Å². The molecule has 1 saturated carbocycles. The Morgan fingerprint density at radius 1 is 1.38 bits per heavy atom. The molecule has 0 spiro atoms. The lowest BCUT2D eigenvalue weighted by atomic mass is 10.0. The summed E-state index contributed by atoms with van der Waals surface area (Å²) < 4.78 is 13.3. The van der Waals surface area contributed by atoms with Crippen molar-refractivity contribution in [3.05, 3.63) is 29.6 Å². The van der Waals surface area contributed by atoms with Crippen molar-refractivity contribution in [2.24, 2.45) is 5.92 Å². The quantitative estimate of drug-likeness (QED) is 0.837. The molecule has 0 saturated heterocycles. The van der Waals surface area contributed by atoms with Gasteiger partial charge in [0.1, 0.15) is 5.82 Å². The molecule has 4 heteroatoms. The van der Waals surface area contributed by atoms with Crippen LogP contribution in [0.15, 0.2) is 18.2 Å². The van der Waals surface area contributed by atoms with Gasteiger partial charge in [0.05, 0.1) is 17.9 Å². The van der Waals surface area contributed by atoms with E-state index in [4.69, 9.17) is 5.11 Å². The van der Waals surface area contributed by atoms with E-state index in [-0.39, 0.29) is 12.5 Å². The fourth-order valence-corrected chi connectivity index (χ4v) is 2.62. The van der Waals surface area contributed by atoms with Crippen LogP contribution in [0.25, 0.3) is 0 Å². The third kappa shape index (κ3) is 4.87. The first kappa shape index (κ1) is 15.5. The van der Waals surface area contributed by atoms with Crippen LogP contribution in [-0.4, -0.2) is 17.6 Å². The number of anilines is 1. The molecule has 112 valence electrons. The number of halogens is 1. The molecule has 1 aromatic rings. The van der Waals surface area contributed by atoms with Gasteiger partial charge in [0.25, 0.3) is 0 Å². The maximum atomic E-state index is 13.3. The zero-order valence-electron chi connectivity index (χ0n) is 12.0. The van der Waals surface area contributed by atoms with Gasteiger partial charge in [-0.05, 0) is 37.0 Å². The van der Waals surface area contributed by atoms with Crippen molar-refractivity contribution in [2.75, 3.05) is 11.9 Å². The smallest absolute Gasteiger partial charge is 0.224 e. The van der Waals surface area contributed by atoms with Crippen LogP contribution < -0.4 is 5.32 Å². The van der Waals surface area contributed by atoms with E-state index in [0.29, 0.717) is 30.0 Å². The summed E-state index contributed by atoms with van der Waals surface area (Å²) >= 11 is 0. The van der Waals surface area contributed by atoms with Crippen molar-refractivity contribution in [1.29, 1.82) is 0 Å². The average Bonchev–Trinajstić information content (AvgIpc) is 2.95. The van der Waals surface area contributed by atoms with E-state index in [1.54, 1.807) is 0 Å². The lowest BCUT2D eigenvalue weighted by Gasteiger charge is -2.11. The van der Waals surface area contributed by atoms with Gasteiger partial charge in [-0.15, -0.1) is 0 Å². The molecule has 21 heavy (non-hydrogen) atoms. The largest absolute Gasteiger partial charge is 0.395 e. The van der Waals surface area contributed by atoms with Crippen LogP contribution in [0.3, 0.4) is 0 Å². The molecular formula is C17H20FNO2. The van der Waals surface area contributed by atoms with Crippen LogP contribution in [0.5, 0.6) is 0 Å². The molecule has 0 aliphatic heterocycles. The summed E-state index contributed by atoms with van der Waals surface area (Å²) in [5, 5.41) is 11.5. The van der Waals surface area contributed by atoms with E-state index in [1.807, 2.05) is 0 Å². The van der Waals surface area contributed by atoms with Gasteiger partial charge in [-0.2, -0.15) is 0 Å². The van der Waals surface area contributed by atoms with Crippen molar-refractivity contribution >= 4 is 11.6 Å². The predicted molar refractivity (Wildman–Crippen MR) is 80.2 cm³/mol. The minimum atomic E-state index is -0.392. The number of benzene rings is 1. The number of hydrogen-bond acceptors (Lipinski definition) is 2. The molecule has 1 amide bonds. The minimum Gasteiger partial charge on any atom is -0.395 e. The van der Waals surface area contributed by atoms with Crippen LogP contribution in [0.1, 0.15) is 44.1 Å². The van der Waals surface area contributed by atoms with Gasteiger partial charge in [-0.3, -0.25) is 4.79 Å². The molecule has 0 bridgehead atoms. The second-order valence-corrected chi connectivity index (χ2v) is 5.37. The molecule has 1 fully saturated rings. The highest BCUT2D eigenvalue weighted by atomic mass is 19.1. The number of hydrogen-bond donors (Lipinski definition) is 2. The van der Waals surface area contributed by atoms with Gasteiger partial charge in [-0.1, -0.05) is 24.7 Å². The monoisotopic (exact) mass is 289 g/mol. The SMILES string of the molecule is O=C(CC1CCCC1)Nc1ccc(F)cc1C#CCCO. The molecule has 0 radical (unpaired) electrons. The molecule has 0 aromatic heterocycles. The van der Waals surface area contributed by atoms with Gasteiger partial charge in [0.2, 0.25) is 5.91 Å². The highest BCUT2D eigenvalue weighted by Gasteiger charge is 2.18. The van der Waals surface area contributed by atoms with Crippen molar-refractivity contribution in [1.82, 2.24) is 0 Å². The molecule has 2 N–H and O–H groups in total. The highest BCUT2D eigenvalue weighted by Crippen LogP contribution is 2.28. The van der Waals surface area contributed by atoms with E-state index in [0.717, 1.165) is 12.8 Å².